The maximum Gasteiger partial charge on any atom is 0.225 e. The van der Waals surface area contributed by atoms with Gasteiger partial charge in [0.1, 0.15) is 0 Å². The Balaban J connectivity index is 1.42. The molecule has 3 atom stereocenters. The summed E-state index contributed by atoms with van der Waals surface area (Å²) < 4.78 is 11.8. The Morgan fingerprint density at radius 1 is 1.25 bits per heavy atom. The van der Waals surface area contributed by atoms with Crippen molar-refractivity contribution in [2.75, 3.05) is 37.7 Å². The topological polar surface area (TPSA) is 67.8 Å². The summed E-state index contributed by atoms with van der Waals surface area (Å²) in [5, 5.41) is 0. The van der Waals surface area contributed by atoms with Gasteiger partial charge in [0.25, 0.3) is 0 Å². The second-order valence-electron chi connectivity index (χ2n) is 9.12. The lowest BCUT2D eigenvalue weighted by molar-refractivity contribution is -0.137. The minimum Gasteiger partial charge on any atom is -0.376 e. The van der Waals surface area contributed by atoms with E-state index in [1.165, 1.54) is 6.42 Å². The van der Waals surface area contributed by atoms with Gasteiger partial charge in [0.05, 0.1) is 36.5 Å². The van der Waals surface area contributed by atoms with E-state index in [1.807, 2.05) is 6.20 Å². The van der Waals surface area contributed by atoms with Gasteiger partial charge >= 0.3 is 0 Å². The fourth-order valence-electron chi connectivity index (χ4n) is 5.17. The number of hydrogen-bond donors (Lipinski definition) is 0. The SMILES string of the molecule is C[C@@H]1CN(c2ncc3c(n2)[C@]2(CCN(C(=O)C4CCC4)C2)COC3)C[C@H](C)O1. The van der Waals surface area contributed by atoms with Gasteiger partial charge in [-0.2, -0.15) is 0 Å². The summed E-state index contributed by atoms with van der Waals surface area (Å²) in [5.74, 6) is 1.36. The van der Waals surface area contributed by atoms with Crippen LogP contribution in [0.4, 0.5) is 5.95 Å². The van der Waals surface area contributed by atoms with Crippen molar-refractivity contribution in [2.45, 2.75) is 63.8 Å². The van der Waals surface area contributed by atoms with E-state index in [9.17, 15) is 4.79 Å². The highest BCUT2D eigenvalue weighted by Gasteiger charge is 2.47. The highest BCUT2D eigenvalue weighted by atomic mass is 16.5. The lowest BCUT2D eigenvalue weighted by Gasteiger charge is -2.38. The van der Waals surface area contributed by atoms with Gasteiger partial charge in [-0.15, -0.1) is 0 Å². The van der Waals surface area contributed by atoms with Crippen LogP contribution in [0.5, 0.6) is 0 Å². The molecule has 0 radical (unpaired) electrons. The van der Waals surface area contributed by atoms with Crippen LogP contribution in [-0.2, 0) is 26.3 Å². The van der Waals surface area contributed by atoms with E-state index in [0.717, 1.165) is 62.6 Å². The number of aromatic nitrogens is 2. The van der Waals surface area contributed by atoms with Crippen LogP contribution in [-0.4, -0.2) is 65.8 Å². The Morgan fingerprint density at radius 2 is 2.04 bits per heavy atom. The molecule has 1 amide bonds. The monoisotopic (exact) mass is 386 g/mol. The first-order valence-corrected chi connectivity index (χ1v) is 10.7. The van der Waals surface area contributed by atoms with E-state index in [2.05, 4.69) is 28.6 Å². The predicted molar refractivity (Wildman–Crippen MR) is 104 cm³/mol. The Bertz CT molecular complexity index is 758. The zero-order chi connectivity index (χ0) is 19.3. The molecule has 28 heavy (non-hydrogen) atoms. The molecular formula is C21H30N4O3. The third-order valence-corrected chi connectivity index (χ3v) is 6.81. The van der Waals surface area contributed by atoms with E-state index >= 15 is 0 Å². The molecule has 0 N–H and O–H groups in total. The number of nitrogens with zero attached hydrogens (tertiary/aromatic N) is 4. The summed E-state index contributed by atoms with van der Waals surface area (Å²) in [6.45, 7) is 8.53. The van der Waals surface area contributed by atoms with E-state index in [1.54, 1.807) is 0 Å². The Morgan fingerprint density at radius 3 is 2.75 bits per heavy atom. The average molecular weight is 386 g/mol. The average Bonchev–Trinajstić information content (AvgIpc) is 3.04. The van der Waals surface area contributed by atoms with Gasteiger partial charge in [-0.25, -0.2) is 9.97 Å². The number of likely N-dealkylation sites (tertiary alicyclic amines) is 1. The van der Waals surface area contributed by atoms with Crippen LogP contribution >= 0.6 is 0 Å². The van der Waals surface area contributed by atoms with Crippen molar-refractivity contribution in [3.8, 4) is 0 Å². The van der Waals surface area contributed by atoms with Gasteiger partial charge < -0.3 is 19.3 Å². The number of morpholine rings is 1. The lowest BCUT2D eigenvalue weighted by Crippen LogP contribution is -2.47. The smallest absolute Gasteiger partial charge is 0.225 e. The van der Waals surface area contributed by atoms with Crippen molar-refractivity contribution in [1.82, 2.24) is 14.9 Å². The summed E-state index contributed by atoms with van der Waals surface area (Å²) in [7, 11) is 0. The summed E-state index contributed by atoms with van der Waals surface area (Å²) in [5.41, 5.74) is 1.98. The number of ether oxygens (including phenoxy) is 2. The fraction of sp³-hybridized carbons (Fsp3) is 0.762. The van der Waals surface area contributed by atoms with Crippen LogP contribution in [0, 0.1) is 5.92 Å². The number of fused-ring (bicyclic) bond motifs is 2. The molecule has 0 aromatic carbocycles. The number of carbonyl (C=O) groups excluding carboxylic acids is 1. The first-order valence-electron chi connectivity index (χ1n) is 10.7. The second kappa shape index (κ2) is 6.95. The van der Waals surface area contributed by atoms with Crippen molar-refractivity contribution in [3.63, 3.8) is 0 Å². The van der Waals surface area contributed by atoms with Crippen LogP contribution in [0.2, 0.25) is 0 Å². The molecule has 4 heterocycles. The van der Waals surface area contributed by atoms with E-state index < -0.39 is 0 Å². The van der Waals surface area contributed by atoms with E-state index in [4.69, 9.17) is 14.5 Å². The molecule has 1 aromatic heterocycles. The molecule has 0 bridgehead atoms. The largest absolute Gasteiger partial charge is 0.376 e. The molecule has 2 saturated heterocycles. The first kappa shape index (κ1) is 18.3. The van der Waals surface area contributed by atoms with E-state index in [-0.39, 0.29) is 23.5 Å². The maximum absolute atomic E-state index is 12.8. The molecule has 1 spiro atoms. The third-order valence-electron chi connectivity index (χ3n) is 6.81. The molecule has 152 valence electrons. The van der Waals surface area contributed by atoms with Crippen LogP contribution in [0.15, 0.2) is 6.20 Å². The molecule has 3 fully saturated rings. The van der Waals surface area contributed by atoms with Crippen LogP contribution in [0.3, 0.4) is 0 Å². The lowest BCUT2D eigenvalue weighted by atomic mass is 9.80. The van der Waals surface area contributed by atoms with Gasteiger partial charge in [-0.3, -0.25) is 4.79 Å². The maximum atomic E-state index is 12.8. The summed E-state index contributed by atoms with van der Waals surface area (Å²) in [6, 6.07) is 0. The van der Waals surface area contributed by atoms with Gasteiger partial charge in [-0.05, 0) is 33.1 Å². The Labute approximate surface area is 166 Å². The number of anilines is 1. The van der Waals surface area contributed by atoms with Crippen molar-refractivity contribution < 1.29 is 14.3 Å². The number of carbonyl (C=O) groups is 1. The normalized spacial score (nSPS) is 33.1. The van der Waals surface area contributed by atoms with Gasteiger partial charge in [-0.1, -0.05) is 6.42 Å². The molecule has 3 aliphatic heterocycles. The van der Waals surface area contributed by atoms with Gasteiger partial charge in [0.15, 0.2) is 0 Å². The second-order valence-corrected chi connectivity index (χ2v) is 9.12. The van der Waals surface area contributed by atoms with E-state index in [0.29, 0.717) is 19.1 Å². The zero-order valence-corrected chi connectivity index (χ0v) is 16.9. The fourth-order valence-corrected chi connectivity index (χ4v) is 5.17. The summed E-state index contributed by atoms with van der Waals surface area (Å²) in [6.07, 6.45) is 6.48. The summed E-state index contributed by atoms with van der Waals surface area (Å²) >= 11 is 0. The summed E-state index contributed by atoms with van der Waals surface area (Å²) in [4.78, 5) is 26.8. The molecule has 1 aliphatic carbocycles. The highest BCUT2D eigenvalue weighted by molar-refractivity contribution is 5.80. The molecule has 7 nitrogen and oxygen atoms in total. The molecule has 7 heteroatoms. The predicted octanol–water partition coefficient (Wildman–Crippen LogP) is 1.89. The number of hydrogen-bond acceptors (Lipinski definition) is 6. The van der Waals surface area contributed by atoms with Crippen LogP contribution < -0.4 is 4.90 Å². The van der Waals surface area contributed by atoms with Crippen LogP contribution in [0.25, 0.3) is 0 Å². The standard InChI is InChI=1S/C21H30N4O3/c1-14-9-25(10-15(2)28-14)20-22-8-17-11-27-13-21(18(17)23-20)6-7-24(12-21)19(26)16-4-3-5-16/h8,14-16H,3-7,9-13H2,1-2H3/t14-,15+,21-/m0/s1. The quantitative estimate of drug-likeness (QED) is 0.773. The molecule has 1 aromatic rings. The molecule has 5 rings (SSSR count). The Kier molecular flexibility index (Phi) is 4.55. The van der Waals surface area contributed by atoms with Gasteiger partial charge in [0.2, 0.25) is 11.9 Å². The van der Waals surface area contributed by atoms with Gasteiger partial charge in [0, 0.05) is 43.9 Å². The third kappa shape index (κ3) is 3.08. The Hall–Kier alpha value is -1.73. The molecule has 4 aliphatic rings. The first-order chi connectivity index (χ1) is 13.5. The molecule has 1 saturated carbocycles. The van der Waals surface area contributed by atoms with Crippen molar-refractivity contribution >= 4 is 11.9 Å². The van der Waals surface area contributed by atoms with Crippen molar-refractivity contribution in [1.29, 1.82) is 0 Å². The minimum absolute atomic E-state index is 0.169. The highest BCUT2D eigenvalue weighted by Crippen LogP contribution is 2.41. The number of rotatable bonds is 2. The van der Waals surface area contributed by atoms with Crippen molar-refractivity contribution in [3.05, 3.63) is 17.5 Å². The van der Waals surface area contributed by atoms with Crippen molar-refractivity contribution in [2.24, 2.45) is 5.92 Å². The minimum atomic E-state index is -0.186. The number of amides is 1. The zero-order valence-electron chi connectivity index (χ0n) is 16.9. The molecule has 0 unspecified atom stereocenters. The van der Waals surface area contributed by atoms with Crippen LogP contribution in [0.1, 0.15) is 50.8 Å². The molecular weight excluding hydrogens is 356 g/mol.